The summed E-state index contributed by atoms with van der Waals surface area (Å²) in [6.07, 6.45) is 1.38. The van der Waals surface area contributed by atoms with Gasteiger partial charge in [0.1, 0.15) is 16.6 Å². The molecule has 2 aromatic carbocycles. The van der Waals surface area contributed by atoms with E-state index < -0.39 is 15.9 Å². The second kappa shape index (κ2) is 8.55. The Kier molecular flexibility index (Phi) is 6.10. The van der Waals surface area contributed by atoms with Gasteiger partial charge in [0.05, 0.1) is 10.6 Å². The molecule has 3 N–H and O–H groups in total. The summed E-state index contributed by atoms with van der Waals surface area (Å²) in [6, 6.07) is 14.3. The van der Waals surface area contributed by atoms with Crippen LogP contribution in [-0.4, -0.2) is 19.3 Å². The SMILES string of the molecule is N#C/C(=C/c1csc(-c2ccc(Cl)cc2)n1)C(=O)Nc1ccc(S(N)(=O)=O)cc1. The number of carbonyl (C=O) groups excluding carboxylic acids is 1. The molecule has 0 saturated carbocycles. The molecule has 0 fully saturated rings. The van der Waals surface area contributed by atoms with Gasteiger partial charge in [-0.25, -0.2) is 18.5 Å². The third kappa shape index (κ3) is 5.28. The minimum Gasteiger partial charge on any atom is -0.321 e. The van der Waals surface area contributed by atoms with Crippen LogP contribution in [0.4, 0.5) is 5.69 Å². The van der Waals surface area contributed by atoms with Crippen LogP contribution < -0.4 is 10.5 Å². The molecule has 29 heavy (non-hydrogen) atoms. The predicted octanol–water partition coefficient (Wildman–Crippen LogP) is 3.66. The van der Waals surface area contributed by atoms with E-state index in [0.717, 1.165) is 10.6 Å². The van der Waals surface area contributed by atoms with Gasteiger partial charge in [-0.05, 0) is 42.5 Å². The number of hydrogen-bond acceptors (Lipinski definition) is 6. The molecule has 0 aliphatic heterocycles. The summed E-state index contributed by atoms with van der Waals surface area (Å²) in [5, 5.41) is 20.0. The van der Waals surface area contributed by atoms with Gasteiger partial charge in [-0.3, -0.25) is 4.79 Å². The Hall–Kier alpha value is -3.03. The summed E-state index contributed by atoms with van der Waals surface area (Å²) in [7, 11) is -3.82. The minimum absolute atomic E-state index is 0.0799. The maximum Gasteiger partial charge on any atom is 0.266 e. The quantitative estimate of drug-likeness (QED) is 0.458. The minimum atomic E-state index is -3.82. The van der Waals surface area contributed by atoms with Crippen LogP contribution in [-0.2, 0) is 14.8 Å². The van der Waals surface area contributed by atoms with Crippen molar-refractivity contribution in [3.63, 3.8) is 0 Å². The molecule has 0 radical (unpaired) electrons. The average Bonchev–Trinajstić information content (AvgIpc) is 3.15. The van der Waals surface area contributed by atoms with Gasteiger partial charge in [0.2, 0.25) is 10.0 Å². The van der Waals surface area contributed by atoms with E-state index in [1.165, 1.54) is 41.7 Å². The van der Waals surface area contributed by atoms with E-state index in [9.17, 15) is 18.5 Å². The zero-order chi connectivity index (χ0) is 21.0. The van der Waals surface area contributed by atoms with Crippen LogP contribution in [0.1, 0.15) is 5.69 Å². The van der Waals surface area contributed by atoms with Crippen molar-refractivity contribution in [2.75, 3.05) is 5.32 Å². The van der Waals surface area contributed by atoms with Crippen molar-refractivity contribution in [2.24, 2.45) is 5.14 Å². The fourth-order valence-corrected chi connectivity index (χ4v) is 3.73. The molecule has 0 aliphatic rings. The molecule has 0 bridgehead atoms. The van der Waals surface area contributed by atoms with Crippen molar-refractivity contribution < 1.29 is 13.2 Å². The number of aromatic nitrogens is 1. The number of anilines is 1. The van der Waals surface area contributed by atoms with Crippen LogP contribution in [0.15, 0.2) is 64.4 Å². The summed E-state index contributed by atoms with van der Waals surface area (Å²) in [6.45, 7) is 0. The second-order valence-corrected chi connectivity index (χ2v) is 8.63. The molecule has 146 valence electrons. The summed E-state index contributed by atoms with van der Waals surface area (Å²) in [5.41, 5.74) is 1.52. The van der Waals surface area contributed by atoms with E-state index in [1.807, 2.05) is 18.2 Å². The second-order valence-electron chi connectivity index (χ2n) is 5.78. The highest BCUT2D eigenvalue weighted by molar-refractivity contribution is 7.89. The number of amides is 1. The average molecular weight is 445 g/mol. The van der Waals surface area contributed by atoms with Crippen LogP contribution in [0.2, 0.25) is 5.02 Å². The molecule has 3 rings (SSSR count). The molecule has 1 aromatic heterocycles. The van der Waals surface area contributed by atoms with Crippen molar-refractivity contribution >= 4 is 50.6 Å². The molecule has 0 atom stereocenters. The Morgan fingerprint density at radius 1 is 1.17 bits per heavy atom. The van der Waals surface area contributed by atoms with Crippen LogP contribution in [0.3, 0.4) is 0 Å². The van der Waals surface area contributed by atoms with E-state index in [-0.39, 0.29) is 10.5 Å². The Balaban J connectivity index is 1.77. The number of carbonyl (C=O) groups is 1. The van der Waals surface area contributed by atoms with Crippen LogP contribution in [0.25, 0.3) is 16.6 Å². The molecule has 3 aromatic rings. The molecule has 0 unspecified atom stereocenters. The zero-order valence-electron chi connectivity index (χ0n) is 14.7. The number of nitrogens with two attached hydrogens (primary N) is 1. The van der Waals surface area contributed by atoms with Gasteiger partial charge in [-0.2, -0.15) is 5.26 Å². The standard InChI is InChI=1S/C19H13ClN4O3S2/c20-14-3-1-12(2-4-14)19-24-16(11-28-19)9-13(10-21)18(25)23-15-5-7-17(8-6-15)29(22,26)27/h1-9,11H,(H,23,25)(H2,22,26,27)/b13-9-. The number of primary sulfonamides is 1. The Morgan fingerprint density at radius 3 is 2.41 bits per heavy atom. The smallest absolute Gasteiger partial charge is 0.266 e. The lowest BCUT2D eigenvalue weighted by molar-refractivity contribution is -0.112. The summed E-state index contributed by atoms with van der Waals surface area (Å²) >= 11 is 7.25. The number of benzene rings is 2. The summed E-state index contributed by atoms with van der Waals surface area (Å²) < 4.78 is 22.5. The van der Waals surface area contributed by atoms with Crippen LogP contribution in [0, 0.1) is 11.3 Å². The molecule has 0 saturated heterocycles. The maximum absolute atomic E-state index is 12.4. The lowest BCUT2D eigenvalue weighted by Gasteiger charge is -2.05. The van der Waals surface area contributed by atoms with E-state index in [1.54, 1.807) is 17.5 Å². The number of halogens is 1. The maximum atomic E-state index is 12.4. The summed E-state index contributed by atoms with van der Waals surface area (Å²) in [5.74, 6) is -0.642. The third-order valence-electron chi connectivity index (χ3n) is 3.71. The molecule has 1 amide bonds. The fraction of sp³-hybridized carbons (Fsp3) is 0. The number of hydrogen-bond donors (Lipinski definition) is 2. The Morgan fingerprint density at radius 2 is 1.83 bits per heavy atom. The van der Waals surface area contributed by atoms with Crippen LogP contribution >= 0.6 is 22.9 Å². The van der Waals surface area contributed by atoms with E-state index in [2.05, 4.69) is 10.3 Å². The topological polar surface area (TPSA) is 126 Å². The van der Waals surface area contributed by atoms with Crippen molar-refractivity contribution in [3.05, 3.63) is 70.2 Å². The molecule has 10 heteroatoms. The Labute approximate surface area is 176 Å². The lowest BCUT2D eigenvalue weighted by atomic mass is 10.2. The van der Waals surface area contributed by atoms with Gasteiger partial charge in [-0.1, -0.05) is 23.7 Å². The van der Waals surface area contributed by atoms with Gasteiger partial charge >= 0.3 is 0 Å². The van der Waals surface area contributed by atoms with Gasteiger partial charge in [0.15, 0.2) is 0 Å². The lowest BCUT2D eigenvalue weighted by Crippen LogP contribution is -2.14. The first-order chi connectivity index (χ1) is 13.8. The van der Waals surface area contributed by atoms with E-state index >= 15 is 0 Å². The van der Waals surface area contributed by atoms with Gasteiger partial charge < -0.3 is 5.32 Å². The number of nitrogens with one attached hydrogen (secondary N) is 1. The number of rotatable bonds is 5. The van der Waals surface area contributed by atoms with Crippen molar-refractivity contribution in [3.8, 4) is 16.6 Å². The van der Waals surface area contributed by atoms with E-state index in [4.69, 9.17) is 16.7 Å². The highest BCUT2D eigenvalue weighted by Crippen LogP contribution is 2.26. The summed E-state index contributed by atoms with van der Waals surface area (Å²) in [4.78, 5) is 16.7. The highest BCUT2D eigenvalue weighted by Gasteiger charge is 2.13. The number of thiazole rings is 1. The predicted molar refractivity (Wildman–Crippen MR) is 113 cm³/mol. The first-order valence-electron chi connectivity index (χ1n) is 8.04. The molecule has 1 heterocycles. The number of nitrogens with zero attached hydrogens (tertiary/aromatic N) is 2. The van der Waals surface area contributed by atoms with Crippen molar-refractivity contribution in [1.29, 1.82) is 5.26 Å². The zero-order valence-corrected chi connectivity index (χ0v) is 17.1. The third-order valence-corrected chi connectivity index (χ3v) is 5.80. The van der Waals surface area contributed by atoms with Crippen molar-refractivity contribution in [2.45, 2.75) is 4.90 Å². The van der Waals surface area contributed by atoms with Crippen molar-refractivity contribution in [1.82, 2.24) is 4.98 Å². The van der Waals surface area contributed by atoms with Crippen LogP contribution in [0.5, 0.6) is 0 Å². The normalized spacial score (nSPS) is 11.7. The Bertz CT molecular complexity index is 1230. The van der Waals surface area contributed by atoms with E-state index in [0.29, 0.717) is 16.4 Å². The molecule has 0 spiro atoms. The largest absolute Gasteiger partial charge is 0.321 e. The number of nitriles is 1. The molecular formula is C19H13ClN4O3S2. The monoisotopic (exact) mass is 444 g/mol. The van der Waals surface area contributed by atoms with Gasteiger partial charge in [0.25, 0.3) is 5.91 Å². The highest BCUT2D eigenvalue weighted by atomic mass is 35.5. The molecule has 7 nitrogen and oxygen atoms in total. The van der Waals surface area contributed by atoms with Gasteiger partial charge in [-0.15, -0.1) is 11.3 Å². The first kappa shape index (κ1) is 20.7. The number of sulfonamides is 1. The molecule has 0 aliphatic carbocycles. The fourth-order valence-electron chi connectivity index (χ4n) is 2.30. The van der Waals surface area contributed by atoms with Gasteiger partial charge in [0, 0.05) is 21.7 Å². The molecular weight excluding hydrogens is 432 g/mol. The first-order valence-corrected chi connectivity index (χ1v) is 10.8.